The maximum absolute atomic E-state index is 12.6. The average Bonchev–Trinajstić information content (AvgIpc) is 3.44. The van der Waals surface area contributed by atoms with Crippen molar-refractivity contribution < 1.29 is 28.3 Å². The summed E-state index contributed by atoms with van der Waals surface area (Å²) in [4.78, 5) is 50.9. The molecule has 8 nitrogen and oxygen atoms in total. The Kier molecular flexibility index (Phi) is 5.80. The second kappa shape index (κ2) is 8.53. The summed E-state index contributed by atoms with van der Waals surface area (Å²) >= 11 is 0. The number of hydrogen-bond donors (Lipinski definition) is 0. The van der Waals surface area contributed by atoms with Crippen LogP contribution in [0.4, 0.5) is 0 Å². The monoisotopic (exact) mass is 426 g/mol. The number of aryl methyl sites for hydroxylation is 1. The van der Waals surface area contributed by atoms with Crippen molar-refractivity contribution in [3.8, 4) is 0 Å². The number of Topliss-reactive ketones (excluding diaryl/α,β-unsaturated/α-hetero) is 1. The number of ether oxygens (including phenoxy) is 1. The number of likely N-dealkylation sites (tertiary alicyclic amines) is 1. The van der Waals surface area contributed by atoms with Crippen LogP contribution in [0, 0.1) is 25.7 Å². The summed E-state index contributed by atoms with van der Waals surface area (Å²) in [6.07, 6.45) is 4.82. The van der Waals surface area contributed by atoms with E-state index in [4.69, 9.17) is 9.15 Å². The molecule has 0 unspecified atom stereocenters. The number of carbonyl (C=O) groups is 4. The predicted octanol–water partition coefficient (Wildman–Crippen LogP) is 2.65. The van der Waals surface area contributed by atoms with Crippen LogP contribution in [0.5, 0.6) is 0 Å². The Hall–Kier alpha value is -3.16. The summed E-state index contributed by atoms with van der Waals surface area (Å²) in [6.45, 7) is 3.35. The Morgan fingerprint density at radius 1 is 1.13 bits per heavy atom. The van der Waals surface area contributed by atoms with E-state index in [2.05, 4.69) is 0 Å². The Bertz CT molecular complexity index is 995. The molecule has 164 valence electrons. The molecule has 0 N–H and O–H groups in total. The molecule has 2 aromatic heterocycles. The number of rotatable bonds is 7. The van der Waals surface area contributed by atoms with Crippen molar-refractivity contribution in [3.05, 3.63) is 47.2 Å². The zero-order valence-electron chi connectivity index (χ0n) is 17.8. The molecule has 2 aromatic rings. The normalized spacial score (nSPS) is 20.8. The van der Waals surface area contributed by atoms with Crippen molar-refractivity contribution in [1.82, 2.24) is 9.47 Å². The number of carbonyl (C=O) groups excluding carboxylic acids is 4. The van der Waals surface area contributed by atoms with Gasteiger partial charge in [0.2, 0.25) is 17.6 Å². The van der Waals surface area contributed by atoms with Gasteiger partial charge in [0.15, 0.2) is 6.61 Å². The molecule has 0 bridgehead atoms. The van der Waals surface area contributed by atoms with Gasteiger partial charge in [0.25, 0.3) is 0 Å². The molecule has 8 heteroatoms. The summed E-state index contributed by atoms with van der Waals surface area (Å²) in [5, 5.41) is 0. The zero-order chi connectivity index (χ0) is 22.1. The van der Waals surface area contributed by atoms with Crippen LogP contribution in [0.15, 0.2) is 28.9 Å². The van der Waals surface area contributed by atoms with Gasteiger partial charge in [-0.05, 0) is 44.9 Å². The van der Waals surface area contributed by atoms with Crippen LogP contribution in [-0.4, -0.2) is 46.2 Å². The number of fused-ring (bicyclic) bond motifs is 1. The van der Waals surface area contributed by atoms with Crippen molar-refractivity contribution in [2.24, 2.45) is 11.8 Å². The van der Waals surface area contributed by atoms with Crippen LogP contribution < -0.4 is 0 Å². The highest BCUT2D eigenvalue weighted by molar-refractivity contribution is 6.07. The lowest BCUT2D eigenvalue weighted by Crippen LogP contribution is -2.37. The average molecular weight is 426 g/mol. The third kappa shape index (κ3) is 4.06. The van der Waals surface area contributed by atoms with Crippen molar-refractivity contribution in [1.29, 1.82) is 0 Å². The summed E-state index contributed by atoms with van der Waals surface area (Å²) in [6, 6.07) is 5.42. The molecule has 1 aliphatic carbocycles. The summed E-state index contributed by atoms with van der Waals surface area (Å²) in [7, 11) is 0. The topological polar surface area (TPSA) is 98.8 Å². The fourth-order valence-electron chi connectivity index (χ4n) is 4.67. The third-order valence-corrected chi connectivity index (χ3v) is 6.35. The molecular weight excluding hydrogens is 400 g/mol. The standard InChI is InChI=1S/C23H26N2O6/c1-14-10-19(15(2)24(14)11-16-6-5-9-30-16)20(26)13-31-21(27)12-25-22(28)17-7-3-4-8-18(17)23(25)29/h5-6,9-10,17-18H,3-4,7-8,11-13H2,1-2H3/t17-,18-/m0/s1. The summed E-state index contributed by atoms with van der Waals surface area (Å²) in [5.41, 5.74) is 2.11. The predicted molar refractivity (Wildman–Crippen MR) is 109 cm³/mol. The first-order valence-electron chi connectivity index (χ1n) is 10.6. The Morgan fingerprint density at radius 3 is 2.42 bits per heavy atom. The molecule has 0 spiro atoms. The van der Waals surface area contributed by atoms with E-state index < -0.39 is 19.1 Å². The zero-order valence-corrected chi connectivity index (χ0v) is 17.8. The van der Waals surface area contributed by atoms with E-state index >= 15 is 0 Å². The highest BCUT2D eigenvalue weighted by Gasteiger charge is 2.48. The molecular formula is C23H26N2O6. The van der Waals surface area contributed by atoms with Gasteiger partial charge >= 0.3 is 5.97 Å². The number of aromatic nitrogens is 1. The van der Waals surface area contributed by atoms with Gasteiger partial charge < -0.3 is 13.7 Å². The number of esters is 1. The number of hydrogen-bond acceptors (Lipinski definition) is 6. The Morgan fingerprint density at radius 2 is 1.81 bits per heavy atom. The molecule has 2 aliphatic rings. The first-order valence-corrected chi connectivity index (χ1v) is 10.6. The van der Waals surface area contributed by atoms with Gasteiger partial charge in [0.1, 0.15) is 12.3 Å². The molecule has 1 aliphatic heterocycles. The molecule has 1 saturated carbocycles. The van der Waals surface area contributed by atoms with Gasteiger partial charge in [-0.25, -0.2) is 0 Å². The van der Waals surface area contributed by atoms with Gasteiger partial charge in [-0.1, -0.05) is 12.8 Å². The fourth-order valence-corrected chi connectivity index (χ4v) is 4.67. The molecule has 3 heterocycles. The Balaban J connectivity index is 1.35. The molecule has 1 saturated heterocycles. The minimum Gasteiger partial charge on any atom is -0.467 e. The van der Waals surface area contributed by atoms with Gasteiger partial charge in [0, 0.05) is 17.0 Å². The molecule has 0 aromatic carbocycles. The maximum atomic E-state index is 12.6. The van der Waals surface area contributed by atoms with Gasteiger partial charge in [-0.2, -0.15) is 0 Å². The third-order valence-electron chi connectivity index (χ3n) is 6.35. The second-order valence-corrected chi connectivity index (χ2v) is 8.29. The molecule has 0 radical (unpaired) electrons. The molecule has 2 fully saturated rings. The Labute approximate surface area is 180 Å². The minimum atomic E-state index is -0.752. The number of nitrogens with zero attached hydrogens (tertiary/aromatic N) is 2. The fraction of sp³-hybridized carbons (Fsp3) is 0.478. The highest BCUT2D eigenvalue weighted by atomic mass is 16.5. The number of furan rings is 1. The first-order chi connectivity index (χ1) is 14.9. The lowest BCUT2D eigenvalue weighted by molar-refractivity contribution is -0.152. The van der Waals surface area contributed by atoms with Crippen molar-refractivity contribution in [3.63, 3.8) is 0 Å². The summed E-state index contributed by atoms with van der Waals surface area (Å²) in [5.74, 6) is -1.52. The quantitative estimate of drug-likeness (QED) is 0.383. The molecule has 31 heavy (non-hydrogen) atoms. The van der Waals surface area contributed by atoms with Crippen LogP contribution in [-0.2, 0) is 25.7 Å². The SMILES string of the molecule is Cc1cc(C(=O)COC(=O)CN2C(=O)[C@H]3CCCC[C@@H]3C2=O)c(C)n1Cc1ccco1. The van der Waals surface area contributed by atoms with Gasteiger partial charge in [-0.3, -0.25) is 24.1 Å². The number of imide groups is 1. The van der Waals surface area contributed by atoms with Crippen LogP contribution in [0.1, 0.15) is 53.2 Å². The van der Waals surface area contributed by atoms with E-state index in [0.717, 1.165) is 34.9 Å². The van der Waals surface area contributed by atoms with E-state index in [0.29, 0.717) is 24.9 Å². The lowest BCUT2D eigenvalue weighted by atomic mass is 9.81. The molecule has 2 amide bonds. The highest BCUT2D eigenvalue weighted by Crippen LogP contribution is 2.37. The van der Waals surface area contributed by atoms with E-state index in [1.807, 2.05) is 24.5 Å². The first kappa shape index (κ1) is 21.1. The second-order valence-electron chi connectivity index (χ2n) is 8.29. The number of ketones is 1. The van der Waals surface area contributed by atoms with Gasteiger partial charge in [0.05, 0.1) is 24.6 Å². The van der Waals surface area contributed by atoms with E-state index in [1.54, 1.807) is 18.4 Å². The minimum absolute atomic E-state index is 0.292. The van der Waals surface area contributed by atoms with E-state index in [9.17, 15) is 19.2 Å². The van der Waals surface area contributed by atoms with Crippen LogP contribution in [0.2, 0.25) is 0 Å². The van der Waals surface area contributed by atoms with Crippen LogP contribution in [0.3, 0.4) is 0 Å². The lowest BCUT2D eigenvalue weighted by Gasteiger charge is -2.19. The van der Waals surface area contributed by atoms with Crippen molar-refractivity contribution >= 4 is 23.6 Å². The van der Waals surface area contributed by atoms with E-state index in [1.165, 1.54) is 0 Å². The van der Waals surface area contributed by atoms with E-state index in [-0.39, 0.29) is 29.4 Å². The molecule has 2 atom stereocenters. The van der Waals surface area contributed by atoms with Crippen LogP contribution in [0.25, 0.3) is 0 Å². The summed E-state index contributed by atoms with van der Waals surface area (Å²) < 4.78 is 12.5. The van der Waals surface area contributed by atoms with Gasteiger partial charge in [-0.15, -0.1) is 0 Å². The maximum Gasteiger partial charge on any atom is 0.326 e. The smallest absolute Gasteiger partial charge is 0.326 e. The number of amides is 2. The van der Waals surface area contributed by atoms with Crippen LogP contribution >= 0.6 is 0 Å². The van der Waals surface area contributed by atoms with Crippen molar-refractivity contribution in [2.75, 3.05) is 13.2 Å². The largest absolute Gasteiger partial charge is 0.467 e. The molecule has 4 rings (SSSR count). The van der Waals surface area contributed by atoms with Crippen molar-refractivity contribution in [2.45, 2.75) is 46.1 Å².